The molecular formula is C14H10N4O6. The molecule has 2 rings (SSSR count). The van der Waals surface area contributed by atoms with Crippen LogP contribution < -0.4 is 11.5 Å². The molecule has 0 aliphatic heterocycles. The second-order valence-corrected chi connectivity index (χ2v) is 4.65. The second-order valence-electron chi connectivity index (χ2n) is 4.65. The number of nitro benzene ring substituents is 2. The minimum absolute atomic E-state index is 0.0887. The van der Waals surface area contributed by atoms with Crippen molar-refractivity contribution in [3.05, 3.63) is 67.8 Å². The van der Waals surface area contributed by atoms with Crippen LogP contribution >= 0.6 is 0 Å². The molecule has 0 aliphatic rings. The van der Waals surface area contributed by atoms with Crippen molar-refractivity contribution in [2.24, 2.45) is 11.5 Å². The minimum Gasteiger partial charge on any atom is -0.366 e. The summed E-state index contributed by atoms with van der Waals surface area (Å²) in [7, 11) is 0. The van der Waals surface area contributed by atoms with E-state index in [2.05, 4.69) is 0 Å². The van der Waals surface area contributed by atoms with Crippen LogP contribution in [-0.4, -0.2) is 21.7 Å². The Labute approximate surface area is 134 Å². The van der Waals surface area contributed by atoms with Gasteiger partial charge in [-0.25, -0.2) is 0 Å². The molecule has 0 aromatic heterocycles. The molecule has 0 heterocycles. The Bertz CT molecular complexity index is 879. The molecule has 0 aliphatic carbocycles. The molecular weight excluding hydrogens is 320 g/mol. The maximum atomic E-state index is 11.8. The summed E-state index contributed by atoms with van der Waals surface area (Å²) in [6.45, 7) is 0. The Morgan fingerprint density at radius 3 is 1.83 bits per heavy atom. The number of carbonyl (C=O) groups excluding carboxylic acids is 2. The van der Waals surface area contributed by atoms with Gasteiger partial charge in [0.2, 0.25) is 5.91 Å². The smallest absolute Gasteiger partial charge is 0.359 e. The number of hydrogen-bond donors (Lipinski definition) is 2. The average molecular weight is 330 g/mol. The van der Waals surface area contributed by atoms with E-state index in [0.717, 1.165) is 6.07 Å². The summed E-state index contributed by atoms with van der Waals surface area (Å²) >= 11 is 0. The second kappa shape index (κ2) is 6.12. The molecule has 0 atom stereocenters. The zero-order valence-electron chi connectivity index (χ0n) is 12.0. The Balaban J connectivity index is 3.06. The Hall–Kier alpha value is -3.82. The molecule has 2 aromatic carbocycles. The van der Waals surface area contributed by atoms with Crippen molar-refractivity contribution >= 4 is 23.2 Å². The summed E-state index contributed by atoms with van der Waals surface area (Å²) in [5.74, 6) is -2.53. The highest BCUT2D eigenvalue weighted by molar-refractivity contribution is 6.14. The first-order chi connectivity index (χ1) is 11.3. The van der Waals surface area contributed by atoms with E-state index in [4.69, 9.17) is 11.5 Å². The van der Waals surface area contributed by atoms with E-state index in [0.29, 0.717) is 5.56 Å². The normalized spacial score (nSPS) is 10.2. The van der Waals surface area contributed by atoms with Crippen LogP contribution in [0.25, 0.3) is 11.1 Å². The van der Waals surface area contributed by atoms with Gasteiger partial charge >= 0.3 is 11.4 Å². The third-order valence-corrected chi connectivity index (χ3v) is 3.24. The average Bonchev–Trinajstić information content (AvgIpc) is 2.53. The van der Waals surface area contributed by atoms with Gasteiger partial charge in [-0.15, -0.1) is 0 Å². The van der Waals surface area contributed by atoms with Crippen LogP contribution in [-0.2, 0) is 0 Å². The van der Waals surface area contributed by atoms with Gasteiger partial charge in [-0.2, -0.15) is 0 Å². The van der Waals surface area contributed by atoms with Crippen LogP contribution in [0.4, 0.5) is 11.4 Å². The van der Waals surface area contributed by atoms with Crippen LogP contribution in [0, 0.1) is 20.2 Å². The first-order valence-corrected chi connectivity index (χ1v) is 6.40. The maximum Gasteiger partial charge on any atom is 0.359 e. The largest absolute Gasteiger partial charge is 0.366 e. The highest BCUT2D eigenvalue weighted by atomic mass is 16.6. The third-order valence-electron chi connectivity index (χ3n) is 3.24. The van der Waals surface area contributed by atoms with Gasteiger partial charge in [-0.1, -0.05) is 30.3 Å². The van der Waals surface area contributed by atoms with E-state index in [-0.39, 0.29) is 5.56 Å². The lowest BCUT2D eigenvalue weighted by atomic mass is 9.92. The summed E-state index contributed by atoms with van der Waals surface area (Å²) in [4.78, 5) is 43.7. The molecule has 0 radical (unpaired) electrons. The van der Waals surface area contributed by atoms with E-state index in [1.54, 1.807) is 18.2 Å². The lowest BCUT2D eigenvalue weighted by Gasteiger charge is -2.11. The fourth-order valence-electron chi connectivity index (χ4n) is 2.32. The zero-order valence-corrected chi connectivity index (χ0v) is 12.0. The molecule has 0 fully saturated rings. The van der Waals surface area contributed by atoms with Crippen LogP contribution in [0.15, 0.2) is 36.4 Å². The van der Waals surface area contributed by atoms with Gasteiger partial charge in [-0.05, 0) is 5.56 Å². The molecule has 0 bridgehead atoms. The number of benzene rings is 2. The molecule has 10 heteroatoms. The van der Waals surface area contributed by atoms with Crippen molar-refractivity contribution in [3.63, 3.8) is 0 Å². The maximum absolute atomic E-state index is 11.8. The van der Waals surface area contributed by atoms with E-state index in [1.807, 2.05) is 0 Å². The van der Waals surface area contributed by atoms with Crippen molar-refractivity contribution in [3.8, 4) is 11.1 Å². The van der Waals surface area contributed by atoms with Gasteiger partial charge < -0.3 is 11.5 Å². The quantitative estimate of drug-likeness (QED) is 0.618. The van der Waals surface area contributed by atoms with Crippen molar-refractivity contribution in [1.29, 1.82) is 0 Å². The molecule has 0 saturated carbocycles. The molecule has 24 heavy (non-hydrogen) atoms. The lowest BCUT2D eigenvalue weighted by Crippen LogP contribution is -2.23. The van der Waals surface area contributed by atoms with Gasteiger partial charge in [0.25, 0.3) is 5.91 Å². The van der Waals surface area contributed by atoms with Crippen molar-refractivity contribution in [2.75, 3.05) is 0 Å². The predicted octanol–water partition coefficient (Wildman–Crippen LogP) is 1.37. The monoisotopic (exact) mass is 330 g/mol. The fraction of sp³-hybridized carbons (Fsp3) is 0. The zero-order chi connectivity index (χ0) is 18.0. The minimum atomic E-state index is -1.36. The third kappa shape index (κ3) is 2.75. The van der Waals surface area contributed by atoms with Crippen LogP contribution in [0.2, 0.25) is 0 Å². The fourth-order valence-corrected chi connectivity index (χ4v) is 2.32. The summed E-state index contributed by atoms with van der Waals surface area (Å²) in [6, 6.07) is 8.65. The summed E-state index contributed by atoms with van der Waals surface area (Å²) in [5, 5.41) is 22.4. The summed E-state index contributed by atoms with van der Waals surface area (Å²) < 4.78 is 0. The van der Waals surface area contributed by atoms with Gasteiger partial charge in [-0.3, -0.25) is 29.8 Å². The molecule has 0 saturated heterocycles. The first kappa shape index (κ1) is 16.5. The molecule has 10 nitrogen and oxygen atoms in total. The molecule has 2 aromatic rings. The Kier molecular flexibility index (Phi) is 4.22. The SMILES string of the molecule is NC(=O)c1c(-c2ccccc2)cc([N+](=O)[O-])c([N+](=O)[O-])c1C(N)=O. The molecule has 122 valence electrons. The molecule has 4 N–H and O–H groups in total. The van der Waals surface area contributed by atoms with Gasteiger partial charge in [0, 0.05) is 11.6 Å². The van der Waals surface area contributed by atoms with E-state index in [1.165, 1.54) is 12.1 Å². The molecule has 0 spiro atoms. The highest BCUT2D eigenvalue weighted by Crippen LogP contribution is 2.39. The first-order valence-electron chi connectivity index (χ1n) is 6.40. The topological polar surface area (TPSA) is 172 Å². The van der Waals surface area contributed by atoms with Crippen molar-refractivity contribution in [1.82, 2.24) is 0 Å². The van der Waals surface area contributed by atoms with Gasteiger partial charge in [0.05, 0.1) is 15.4 Å². The highest BCUT2D eigenvalue weighted by Gasteiger charge is 2.37. The summed E-state index contributed by atoms with van der Waals surface area (Å²) in [6.07, 6.45) is 0. The number of carbonyl (C=O) groups is 2. The number of hydrogen-bond acceptors (Lipinski definition) is 6. The molecule has 2 amide bonds. The number of amides is 2. The Morgan fingerprint density at radius 2 is 1.42 bits per heavy atom. The lowest BCUT2D eigenvalue weighted by molar-refractivity contribution is -0.422. The predicted molar refractivity (Wildman–Crippen MR) is 82.2 cm³/mol. The standard InChI is InChI=1S/C14H10N4O6/c15-13(19)10-8(7-4-2-1-3-5-7)6-9(17(21)22)12(18(23)24)11(10)14(16)20/h1-6H,(H2,15,19)(H2,16,20). The number of nitro groups is 2. The van der Waals surface area contributed by atoms with Crippen LogP contribution in [0.3, 0.4) is 0 Å². The van der Waals surface area contributed by atoms with E-state index in [9.17, 15) is 29.8 Å². The Morgan fingerprint density at radius 1 is 0.875 bits per heavy atom. The van der Waals surface area contributed by atoms with Crippen molar-refractivity contribution < 1.29 is 19.4 Å². The van der Waals surface area contributed by atoms with Gasteiger partial charge in [0.15, 0.2) is 0 Å². The number of rotatable bonds is 5. The van der Waals surface area contributed by atoms with Crippen LogP contribution in [0.5, 0.6) is 0 Å². The van der Waals surface area contributed by atoms with Crippen LogP contribution in [0.1, 0.15) is 20.7 Å². The number of primary amides is 2. The van der Waals surface area contributed by atoms with E-state index >= 15 is 0 Å². The summed E-state index contributed by atoms with van der Waals surface area (Å²) in [5.41, 5.74) is 7.05. The number of nitrogens with two attached hydrogens (primary N) is 2. The van der Waals surface area contributed by atoms with E-state index < -0.39 is 44.2 Å². The van der Waals surface area contributed by atoms with Gasteiger partial charge in [0.1, 0.15) is 5.56 Å². The number of nitrogens with zero attached hydrogens (tertiary/aromatic N) is 2. The molecule has 0 unspecified atom stereocenters. The van der Waals surface area contributed by atoms with Crippen molar-refractivity contribution in [2.45, 2.75) is 0 Å².